The first-order chi connectivity index (χ1) is 8.74. The molecule has 0 amide bonds. The molecular weight excluding hydrogens is 230 g/mol. The summed E-state index contributed by atoms with van der Waals surface area (Å²) in [6.07, 6.45) is 2.63. The molecule has 0 bridgehead atoms. The van der Waals surface area contributed by atoms with E-state index in [2.05, 4.69) is 11.4 Å². The van der Waals surface area contributed by atoms with E-state index in [1.165, 1.54) is 5.56 Å². The van der Waals surface area contributed by atoms with E-state index in [1.807, 2.05) is 18.2 Å². The number of para-hydroxylation sites is 1. The van der Waals surface area contributed by atoms with Gasteiger partial charge in [-0.1, -0.05) is 18.2 Å². The van der Waals surface area contributed by atoms with E-state index in [4.69, 9.17) is 9.84 Å². The van der Waals surface area contributed by atoms with Crippen LogP contribution in [0.15, 0.2) is 24.3 Å². The van der Waals surface area contributed by atoms with Gasteiger partial charge in [0.2, 0.25) is 0 Å². The van der Waals surface area contributed by atoms with Gasteiger partial charge >= 0.3 is 5.97 Å². The van der Waals surface area contributed by atoms with Crippen molar-refractivity contribution in [3.8, 4) is 5.75 Å². The van der Waals surface area contributed by atoms with E-state index in [1.54, 1.807) is 0 Å². The number of hydrogen-bond acceptors (Lipinski definition) is 3. The number of rotatable bonds is 3. The molecule has 4 nitrogen and oxygen atoms in total. The fraction of sp³-hybridized carbons (Fsp3) is 0.500. The second-order valence-corrected chi connectivity index (χ2v) is 5.11. The third-order valence-corrected chi connectivity index (χ3v) is 3.91. The summed E-state index contributed by atoms with van der Waals surface area (Å²) >= 11 is 0. The number of carboxylic acids is 1. The number of benzene rings is 1. The van der Waals surface area contributed by atoms with E-state index in [0.717, 1.165) is 31.6 Å². The molecule has 1 aromatic rings. The quantitative estimate of drug-likeness (QED) is 0.854. The Bertz CT molecular complexity index is 460. The Labute approximate surface area is 106 Å². The van der Waals surface area contributed by atoms with Crippen molar-refractivity contribution in [2.45, 2.75) is 37.3 Å². The third-order valence-electron chi connectivity index (χ3n) is 3.91. The monoisotopic (exact) mass is 247 g/mol. The molecule has 96 valence electrons. The zero-order chi connectivity index (χ0) is 12.5. The molecule has 3 unspecified atom stereocenters. The van der Waals surface area contributed by atoms with Gasteiger partial charge in [0.15, 0.2) is 0 Å². The highest BCUT2D eigenvalue weighted by atomic mass is 16.5. The normalized spacial score (nSPS) is 29.9. The topological polar surface area (TPSA) is 58.6 Å². The molecule has 2 heterocycles. The molecule has 4 heteroatoms. The van der Waals surface area contributed by atoms with Gasteiger partial charge in [0.05, 0.1) is 6.61 Å². The van der Waals surface area contributed by atoms with E-state index in [9.17, 15) is 4.79 Å². The van der Waals surface area contributed by atoms with Crippen LogP contribution in [0.1, 0.15) is 30.7 Å². The number of aliphatic carboxylic acids is 1. The van der Waals surface area contributed by atoms with Crippen molar-refractivity contribution < 1.29 is 14.6 Å². The van der Waals surface area contributed by atoms with Gasteiger partial charge in [0, 0.05) is 17.5 Å². The first kappa shape index (κ1) is 11.5. The lowest BCUT2D eigenvalue weighted by Gasteiger charge is -2.16. The molecular formula is C14H17NO3. The third kappa shape index (κ3) is 2.08. The first-order valence-corrected chi connectivity index (χ1v) is 6.44. The zero-order valence-electron chi connectivity index (χ0n) is 10.1. The predicted molar refractivity (Wildman–Crippen MR) is 66.9 cm³/mol. The Morgan fingerprint density at radius 3 is 3.00 bits per heavy atom. The van der Waals surface area contributed by atoms with Crippen LogP contribution in [0.2, 0.25) is 0 Å². The van der Waals surface area contributed by atoms with Crippen LogP contribution in [0.25, 0.3) is 0 Å². The van der Waals surface area contributed by atoms with Gasteiger partial charge in [-0.2, -0.15) is 0 Å². The largest absolute Gasteiger partial charge is 0.493 e. The van der Waals surface area contributed by atoms with Crippen LogP contribution in [-0.2, 0) is 4.79 Å². The Hall–Kier alpha value is -1.55. The summed E-state index contributed by atoms with van der Waals surface area (Å²) in [6.45, 7) is 0.718. The Kier molecular flexibility index (Phi) is 2.96. The van der Waals surface area contributed by atoms with E-state index in [0.29, 0.717) is 12.0 Å². The van der Waals surface area contributed by atoms with Gasteiger partial charge in [-0.05, 0) is 25.3 Å². The molecule has 0 aromatic heterocycles. The Balaban J connectivity index is 1.64. The molecule has 0 aliphatic carbocycles. The molecule has 3 atom stereocenters. The number of ether oxygens (including phenoxy) is 1. The fourth-order valence-corrected chi connectivity index (χ4v) is 2.97. The molecule has 1 saturated heterocycles. The molecule has 2 N–H and O–H groups in total. The summed E-state index contributed by atoms with van der Waals surface area (Å²) in [5, 5.41) is 12.2. The summed E-state index contributed by atoms with van der Waals surface area (Å²) in [7, 11) is 0. The van der Waals surface area contributed by atoms with Gasteiger partial charge in [-0.25, -0.2) is 0 Å². The number of nitrogens with one attached hydrogen (secondary N) is 1. The maximum absolute atomic E-state index is 10.9. The Morgan fingerprint density at radius 2 is 2.22 bits per heavy atom. The highest BCUT2D eigenvalue weighted by Gasteiger charge is 2.33. The van der Waals surface area contributed by atoms with Crippen LogP contribution in [0.4, 0.5) is 0 Å². The molecule has 1 fully saturated rings. The summed E-state index contributed by atoms with van der Waals surface area (Å²) in [4.78, 5) is 10.9. The lowest BCUT2D eigenvalue weighted by Crippen LogP contribution is -2.36. The number of fused-ring (bicyclic) bond motifs is 1. The standard InChI is InChI=1S/C14H17NO3/c16-14(17)12-6-5-10(15-12)7-9-8-18-13-4-2-1-3-11(9)13/h1-4,9-10,12,15H,5-8H2,(H,16,17). The molecule has 0 radical (unpaired) electrons. The van der Waals surface area contributed by atoms with Crippen LogP contribution in [0.5, 0.6) is 5.75 Å². The second kappa shape index (κ2) is 4.61. The van der Waals surface area contributed by atoms with E-state index >= 15 is 0 Å². The van der Waals surface area contributed by atoms with Crippen molar-refractivity contribution in [1.82, 2.24) is 5.32 Å². The highest BCUT2D eigenvalue weighted by Crippen LogP contribution is 2.37. The number of carbonyl (C=O) groups is 1. The van der Waals surface area contributed by atoms with E-state index < -0.39 is 5.97 Å². The first-order valence-electron chi connectivity index (χ1n) is 6.44. The fourth-order valence-electron chi connectivity index (χ4n) is 2.97. The van der Waals surface area contributed by atoms with Gasteiger partial charge in [0.25, 0.3) is 0 Å². The molecule has 2 aliphatic heterocycles. The van der Waals surface area contributed by atoms with Crippen LogP contribution in [-0.4, -0.2) is 29.8 Å². The minimum atomic E-state index is -0.736. The molecule has 1 aromatic carbocycles. The summed E-state index contributed by atoms with van der Waals surface area (Å²) in [5.41, 5.74) is 1.26. The highest BCUT2D eigenvalue weighted by molar-refractivity contribution is 5.73. The smallest absolute Gasteiger partial charge is 0.320 e. The number of carboxylic acid groups (broad SMARTS) is 1. The SMILES string of the molecule is O=C(O)C1CCC(CC2COc3ccccc32)N1. The minimum Gasteiger partial charge on any atom is -0.493 e. The maximum Gasteiger partial charge on any atom is 0.320 e. The van der Waals surface area contributed by atoms with Crippen molar-refractivity contribution in [3.63, 3.8) is 0 Å². The number of hydrogen-bond donors (Lipinski definition) is 2. The zero-order valence-corrected chi connectivity index (χ0v) is 10.1. The van der Waals surface area contributed by atoms with Crippen LogP contribution < -0.4 is 10.1 Å². The van der Waals surface area contributed by atoms with Crippen molar-refractivity contribution in [3.05, 3.63) is 29.8 Å². The van der Waals surface area contributed by atoms with Crippen molar-refractivity contribution in [2.24, 2.45) is 0 Å². The van der Waals surface area contributed by atoms with Crippen molar-refractivity contribution in [2.75, 3.05) is 6.61 Å². The van der Waals surface area contributed by atoms with Gasteiger partial charge in [-0.3, -0.25) is 4.79 Å². The lowest BCUT2D eigenvalue weighted by molar-refractivity contribution is -0.139. The predicted octanol–water partition coefficient (Wildman–Crippen LogP) is 1.76. The average molecular weight is 247 g/mol. The molecule has 0 spiro atoms. The average Bonchev–Trinajstić information content (AvgIpc) is 2.98. The van der Waals surface area contributed by atoms with E-state index in [-0.39, 0.29) is 6.04 Å². The van der Waals surface area contributed by atoms with Crippen LogP contribution in [0.3, 0.4) is 0 Å². The van der Waals surface area contributed by atoms with Crippen LogP contribution in [0, 0.1) is 0 Å². The molecule has 18 heavy (non-hydrogen) atoms. The lowest BCUT2D eigenvalue weighted by atomic mass is 9.93. The minimum absolute atomic E-state index is 0.297. The van der Waals surface area contributed by atoms with Gasteiger partial charge < -0.3 is 15.2 Å². The van der Waals surface area contributed by atoms with Gasteiger partial charge in [-0.15, -0.1) is 0 Å². The second-order valence-electron chi connectivity index (χ2n) is 5.11. The maximum atomic E-state index is 10.9. The van der Waals surface area contributed by atoms with Crippen molar-refractivity contribution >= 4 is 5.97 Å². The summed E-state index contributed by atoms with van der Waals surface area (Å²) in [6, 6.07) is 8.05. The molecule has 0 saturated carbocycles. The molecule has 2 aliphatic rings. The van der Waals surface area contributed by atoms with Gasteiger partial charge in [0.1, 0.15) is 11.8 Å². The molecule has 3 rings (SSSR count). The summed E-state index contributed by atoms with van der Waals surface area (Å²) < 4.78 is 5.65. The summed E-state index contributed by atoms with van der Waals surface area (Å²) in [5.74, 6) is 0.641. The Morgan fingerprint density at radius 1 is 1.39 bits per heavy atom. The van der Waals surface area contributed by atoms with Crippen LogP contribution >= 0.6 is 0 Å². The van der Waals surface area contributed by atoms with Crippen molar-refractivity contribution in [1.29, 1.82) is 0 Å².